The van der Waals surface area contributed by atoms with E-state index in [1.54, 1.807) is 42.5 Å². The van der Waals surface area contributed by atoms with Crippen molar-refractivity contribution in [3.8, 4) is 0 Å². The van der Waals surface area contributed by atoms with Crippen LogP contribution in [0.3, 0.4) is 0 Å². The van der Waals surface area contributed by atoms with Gasteiger partial charge in [-0.05, 0) is 47.4 Å². The molecular weight excluding hydrogens is 333 g/mol. The minimum Gasteiger partial charge on any atom is -0.465 e. The molecule has 2 aromatic carbocycles. The summed E-state index contributed by atoms with van der Waals surface area (Å²) in [6, 6.07) is 12.6. The molecule has 0 saturated heterocycles. The quantitative estimate of drug-likeness (QED) is 0.626. The molecule has 1 N–H and O–H groups in total. The summed E-state index contributed by atoms with van der Waals surface area (Å²) < 4.78 is 17.7. The van der Waals surface area contributed by atoms with Crippen molar-refractivity contribution in [1.29, 1.82) is 0 Å². The second-order valence-electron chi connectivity index (χ2n) is 6.23. The third-order valence-corrected chi connectivity index (χ3v) is 3.95. The Balaban J connectivity index is 2.04. The maximum absolute atomic E-state index is 13.1. The highest BCUT2D eigenvalue weighted by atomic mass is 19.1. The van der Waals surface area contributed by atoms with E-state index < -0.39 is 5.97 Å². The van der Waals surface area contributed by atoms with Crippen molar-refractivity contribution in [2.45, 2.75) is 19.9 Å². The summed E-state index contributed by atoms with van der Waals surface area (Å²) in [6.45, 7) is 3.98. The molecule has 2 aromatic rings. The number of benzene rings is 2. The molecule has 0 aliphatic heterocycles. The summed E-state index contributed by atoms with van der Waals surface area (Å²) in [7, 11) is 1.33. The zero-order valence-corrected chi connectivity index (χ0v) is 15.0. The Bertz CT molecular complexity index is 780. The van der Waals surface area contributed by atoms with E-state index in [4.69, 9.17) is 0 Å². The normalized spacial score (nSPS) is 12.2. The van der Waals surface area contributed by atoms with Crippen LogP contribution in [0.1, 0.15) is 41.4 Å². The van der Waals surface area contributed by atoms with Crippen LogP contribution in [0.2, 0.25) is 0 Å². The topological polar surface area (TPSA) is 55.4 Å². The van der Waals surface area contributed by atoms with Crippen LogP contribution < -0.4 is 5.32 Å². The first-order valence-corrected chi connectivity index (χ1v) is 8.33. The van der Waals surface area contributed by atoms with Gasteiger partial charge in [0.2, 0.25) is 5.91 Å². The average molecular weight is 355 g/mol. The predicted molar refractivity (Wildman–Crippen MR) is 98.9 cm³/mol. The van der Waals surface area contributed by atoms with Crippen molar-refractivity contribution in [3.05, 3.63) is 77.1 Å². The molecule has 1 amide bonds. The van der Waals surface area contributed by atoms with Gasteiger partial charge in [-0.25, -0.2) is 9.18 Å². The molecule has 0 spiro atoms. The number of hydrogen-bond acceptors (Lipinski definition) is 3. The second kappa shape index (κ2) is 8.94. The monoisotopic (exact) mass is 355 g/mol. The molecule has 0 aliphatic rings. The van der Waals surface area contributed by atoms with Gasteiger partial charge in [0.15, 0.2) is 0 Å². The lowest BCUT2D eigenvalue weighted by atomic mass is 9.96. The first-order valence-electron chi connectivity index (χ1n) is 8.33. The average Bonchev–Trinajstić information content (AvgIpc) is 2.65. The van der Waals surface area contributed by atoms with Crippen molar-refractivity contribution in [2.75, 3.05) is 7.11 Å². The summed E-state index contributed by atoms with van der Waals surface area (Å²) in [5.41, 5.74) is 2.09. The smallest absolute Gasteiger partial charge is 0.337 e. The zero-order valence-electron chi connectivity index (χ0n) is 15.0. The van der Waals surface area contributed by atoms with E-state index >= 15 is 0 Å². The van der Waals surface area contributed by atoms with Gasteiger partial charge >= 0.3 is 5.97 Å². The van der Waals surface area contributed by atoms with Crippen molar-refractivity contribution < 1.29 is 18.7 Å². The van der Waals surface area contributed by atoms with Crippen molar-refractivity contribution in [3.63, 3.8) is 0 Å². The number of ether oxygens (including phenoxy) is 1. The first kappa shape index (κ1) is 19.4. The van der Waals surface area contributed by atoms with Crippen LogP contribution in [-0.2, 0) is 9.53 Å². The largest absolute Gasteiger partial charge is 0.465 e. The number of hydrogen-bond donors (Lipinski definition) is 1. The molecule has 136 valence electrons. The van der Waals surface area contributed by atoms with Crippen LogP contribution >= 0.6 is 0 Å². The third kappa shape index (κ3) is 5.28. The first-order chi connectivity index (χ1) is 12.4. The molecule has 0 radical (unpaired) electrons. The van der Waals surface area contributed by atoms with Gasteiger partial charge in [-0.15, -0.1) is 0 Å². The number of rotatable bonds is 6. The minimum atomic E-state index is -0.405. The number of carbonyl (C=O) groups is 2. The molecule has 26 heavy (non-hydrogen) atoms. The Morgan fingerprint density at radius 3 is 2.19 bits per heavy atom. The van der Waals surface area contributed by atoms with Gasteiger partial charge in [-0.3, -0.25) is 4.79 Å². The predicted octanol–water partition coefficient (Wildman–Crippen LogP) is 4.14. The Morgan fingerprint density at radius 2 is 1.65 bits per heavy atom. The molecule has 0 aromatic heterocycles. The van der Waals surface area contributed by atoms with Crippen LogP contribution in [0.5, 0.6) is 0 Å². The molecule has 4 nitrogen and oxygen atoms in total. The molecule has 0 bridgehead atoms. The van der Waals surface area contributed by atoms with Crippen LogP contribution in [0, 0.1) is 11.7 Å². The van der Waals surface area contributed by atoms with Crippen molar-refractivity contribution in [1.82, 2.24) is 5.32 Å². The summed E-state index contributed by atoms with van der Waals surface area (Å²) in [5.74, 6) is -0.808. The van der Waals surface area contributed by atoms with Crippen LogP contribution in [0.4, 0.5) is 4.39 Å². The number of carbonyl (C=O) groups excluding carboxylic acids is 2. The summed E-state index contributed by atoms with van der Waals surface area (Å²) in [4.78, 5) is 23.7. The lowest BCUT2D eigenvalue weighted by Gasteiger charge is -2.22. The van der Waals surface area contributed by atoms with Gasteiger partial charge in [-0.1, -0.05) is 38.1 Å². The van der Waals surface area contributed by atoms with E-state index in [1.807, 2.05) is 13.8 Å². The van der Waals surface area contributed by atoms with Gasteiger partial charge in [-0.2, -0.15) is 0 Å². The van der Waals surface area contributed by atoms with E-state index in [1.165, 1.54) is 25.3 Å². The number of amides is 1. The maximum Gasteiger partial charge on any atom is 0.337 e. The van der Waals surface area contributed by atoms with Crippen LogP contribution in [0.15, 0.2) is 54.6 Å². The van der Waals surface area contributed by atoms with E-state index in [-0.39, 0.29) is 23.7 Å². The highest BCUT2D eigenvalue weighted by Crippen LogP contribution is 2.22. The Morgan fingerprint density at radius 1 is 1.04 bits per heavy atom. The molecule has 0 unspecified atom stereocenters. The van der Waals surface area contributed by atoms with Gasteiger partial charge in [0.05, 0.1) is 18.7 Å². The third-order valence-electron chi connectivity index (χ3n) is 3.95. The molecule has 5 heteroatoms. The van der Waals surface area contributed by atoms with E-state index in [2.05, 4.69) is 10.1 Å². The van der Waals surface area contributed by atoms with Gasteiger partial charge in [0.25, 0.3) is 0 Å². The lowest BCUT2D eigenvalue weighted by molar-refractivity contribution is -0.117. The maximum atomic E-state index is 13.1. The van der Waals surface area contributed by atoms with Gasteiger partial charge in [0, 0.05) is 6.08 Å². The summed E-state index contributed by atoms with van der Waals surface area (Å²) in [5, 5.41) is 2.94. The lowest BCUT2D eigenvalue weighted by Crippen LogP contribution is -2.30. The number of methoxy groups -OCH3 is 1. The standard InChI is InChI=1S/C21H22FNO3/c1-14(2)20(16-9-11-18(22)12-10-16)23-19(24)13-6-15-4-7-17(8-5-15)21(25)26-3/h4-14,20H,1-3H3,(H,23,24)/b13-6+/t20-/m1/s1. The fraction of sp³-hybridized carbons (Fsp3) is 0.238. The summed E-state index contributed by atoms with van der Waals surface area (Å²) >= 11 is 0. The molecule has 0 fully saturated rings. The van der Waals surface area contributed by atoms with E-state index in [0.717, 1.165) is 11.1 Å². The number of halogens is 1. The highest BCUT2D eigenvalue weighted by Gasteiger charge is 2.17. The zero-order chi connectivity index (χ0) is 19.1. The fourth-order valence-electron chi connectivity index (χ4n) is 2.53. The van der Waals surface area contributed by atoms with Crippen molar-refractivity contribution >= 4 is 18.0 Å². The molecule has 0 aliphatic carbocycles. The molecule has 0 saturated carbocycles. The van der Waals surface area contributed by atoms with Crippen molar-refractivity contribution in [2.24, 2.45) is 5.92 Å². The Labute approximate surface area is 152 Å². The Kier molecular flexibility index (Phi) is 6.67. The molecule has 1 atom stereocenters. The minimum absolute atomic E-state index is 0.150. The van der Waals surface area contributed by atoms with Gasteiger partial charge in [0.1, 0.15) is 5.82 Å². The fourth-order valence-corrected chi connectivity index (χ4v) is 2.53. The molecular formula is C21H22FNO3. The van der Waals surface area contributed by atoms with Crippen LogP contribution in [0.25, 0.3) is 6.08 Å². The highest BCUT2D eigenvalue weighted by molar-refractivity contribution is 5.92. The van der Waals surface area contributed by atoms with E-state index in [9.17, 15) is 14.0 Å². The Hall–Kier alpha value is -2.95. The molecule has 2 rings (SSSR count). The second-order valence-corrected chi connectivity index (χ2v) is 6.23. The number of nitrogens with one attached hydrogen (secondary N) is 1. The summed E-state index contributed by atoms with van der Waals surface area (Å²) in [6.07, 6.45) is 3.10. The van der Waals surface area contributed by atoms with Crippen LogP contribution in [-0.4, -0.2) is 19.0 Å². The molecule has 0 heterocycles. The SMILES string of the molecule is COC(=O)c1ccc(/C=C/C(=O)N[C@@H](c2ccc(F)cc2)C(C)C)cc1. The van der Waals surface area contributed by atoms with Gasteiger partial charge < -0.3 is 10.1 Å². The van der Waals surface area contributed by atoms with E-state index in [0.29, 0.717) is 5.56 Å². The number of esters is 1.